The highest BCUT2D eigenvalue weighted by Crippen LogP contribution is 2.53. The second kappa shape index (κ2) is 3.67. The standard InChI is InChI=1S/C11H12BrOP/c1-2-14(13)8-7-10(12)9-5-3-4-6-11(9)14/h2-6,10H,1,7-8H2. The second-order valence-electron chi connectivity index (χ2n) is 3.52. The highest BCUT2D eigenvalue weighted by molar-refractivity contribution is 9.09. The molecule has 0 spiro atoms. The van der Waals surface area contributed by atoms with Crippen molar-refractivity contribution in [2.24, 2.45) is 0 Å². The molecule has 0 fully saturated rings. The van der Waals surface area contributed by atoms with Gasteiger partial charge in [-0.3, -0.25) is 0 Å². The molecule has 2 atom stereocenters. The van der Waals surface area contributed by atoms with Crippen LogP contribution in [0.2, 0.25) is 0 Å². The highest BCUT2D eigenvalue weighted by Gasteiger charge is 2.31. The summed E-state index contributed by atoms with van der Waals surface area (Å²) in [5, 5.41) is 0.989. The molecular weight excluding hydrogens is 259 g/mol. The third kappa shape index (κ3) is 1.51. The van der Waals surface area contributed by atoms with Gasteiger partial charge in [-0.15, -0.1) is 0 Å². The molecule has 14 heavy (non-hydrogen) atoms. The number of fused-ring (bicyclic) bond motifs is 1. The first-order chi connectivity index (χ1) is 6.67. The summed E-state index contributed by atoms with van der Waals surface area (Å²) in [6, 6.07) is 7.95. The van der Waals surface area contributed by atoms with E-state index >= 15 is 0 Å². The Morgan fingerprint density at radius 1 is 1.50 bits per heavy atom. The monoisotopic (exact) mass is 270 g/mol. The lowest BCUT2D eigenvalue weighted by Gasteiger charge is -2.26. The molecule has 0 saturated heterocycles. The van der Waals surface area contributed by atoms with Gasteiger partial charge in [-0.1, -0.05) is 46.8 Å². The lowest BCUT2D eigenvalue weighted by atomic mass is 10.1. The molecule has 0 aliphatic carbocycles. The molecule has 1 aliphatic heterocycles. The maximum Gasteiger partial charge on any atom is 0.136 e. The molecule has 1 aliphatic rings. The van der Waals surface area contributed by atoms with Gasteiger partial charge < -0.3 is 4.57 Å². The van der Waals surface area contributed by atoms with Gasteiger partial charge in [0.1, 0.15) is 7.14 Å². The van der Waals surface area contributed by atoms with E-state index < -0.39 is 7.14 Å². The maximum absolute atomic E-state index is 12.4. The molecule has 0 radical (unpaired) electrons. The first-order valence-corrected chi connectivity index (χ1v) is 7.51. The topological polar surface area (TPSA) is 17.1 Å². The van der Waals surface area contributed by atoms with Gasteiger partial charge in [-0.25, -0.2) is 0 Å². The number of halogens is 1. The molecule has 0 N–H and O–H groups in total. The summed E-state index contributed by atoms with van der Waals surface area (Å²) in [6.45, 7) is 3.70. The van der Waals surface area contributed by atoms with E-state index in [9.17, 15) is 4.57 Å². The molecule has 1 nitrogen and oxygen atoms in total. The third-order valence-electron chi connectivity index (χ3n) is 2.69. The van der Waals surface area contributed by atoms with Crippen molar-refractivity contribution in [1.29, 1.82) is 0 Å². The minimum Gasteiger partial charge on any atom is -0.314 e. The van der Waals surface area contributed by atoms with Crippen molar-refractivity contribution >= 4 is 28.4 Å². The molecule has 3 heteroatoms. The minimum absolute atomic E-state index is 0.348. The van der Waals surface area contributed by atoms with E-state index in [2.05, 4.69) is 22.5 Å². The van der Waals surface area contributed by atoms with Crippen molar-refractivity contribution in [3.63, 3.8) is 0 Å². The minimum atomic E-state index is -2.29. The van der Waals surface area contributed by atoms with Crippen LogP contribution in [0.1, 0.15) is 16.8 Å². The Morgan fingerprint density at radius 3 is 2.93 bits per heavy atom. The van der Waals surface area contributed by atoms with Gasteiger partial charge in [0.15, 0.2) is 0 Å². The van der Waals surface area contributed by atoms with Gasteiger partial charge in [-0.2, -0.15) is 0 Å². The zero-order valence-corrected chi connectivity index (χ0v) is 10.3. The fourth-order valence-corrected chi connectivity index (χ4v) is 5.29. The second-order valence-corrected chi connectivity index (χ2v) is 7.51. The zero-order valence-electron chi connectivity index (χ0n) is 7.82. The van der Waals surface area contributed by atoms with Crippen molar-refractivity contribution < 1.29 is 4.57 Å². The average molecular weight is 271 g/mol. The molecular formula is C11H12BrOP. The van der Waals surface area contributed by atoms with Gasteiger partial charge in [-0.05, 0) is 17.8 Å². The average Bonchev–Trinajstić information content (AvgIpc) is 2.24. The van der Waals surface area contributed by atoms with Crippen LogP contribution in [0, 0.1) is 0 Å². The van der Waals surface area contributed by atoms with Gasteiger partial charge >= 0.3 is 0 Å². The van der Waals surface area contributed by atoms with Crippen LogP contribution >= 0.6 is 23.1 Å². The van der Waals surface area contributed by atoms with Crippen LogP contribution in [-0.2, 0) is 4.57 Å². The quantitative estimate of drug-likeness (QED) is 0.562. The third-order valence-corrected chi connectivity index (χ3v) is 6.38. The summed E-state index contributed by atoms with van der Waals surface area (Å²) in [7, 11) is -2.29. The molecule has 1 heterocycles. The van der Waals surface area contributed by atoms with Gasteiger partial charge in [0.25, 0.3) is 0 Å². The van der Waals surface area contributed by atoms with Crippen molar-refractivity contribution in [2.75, 3.05) is 6.16 Å². The predicted molar refractivity (Wildman–Crippen MR) is 65.0 cm³/mol. The molecule has 2 unspecified atom stereocenters. The Morgan fingerprint density at radius 2 is 2.21 bits per heavy atom. The van der Waals surface area contributed by atoms with Crippen LogP contribution in [0.3, 0.4) is 0 Å². The Labute approximate surface area is 92.7 Å². The van der Waals surface area contributed by atoms with Crippen LogP contribution < -0.4 is 5.30 Å². The van der Waals surface area contributed by atoms with E-state index in [0.29, 0.717) is 4.83 Å². The van der Waals surface area contributed by atoms with Crippen LogP contribution in [0.25, 0.3) is 0 Å². The molecule has 2 rings (SSSR count). The predicted octanol–water partition coefficient (Wildman–Crippen LogP) is 3.66. The first kappa shape index (κ1) is 10.2. The van der Waals surface area contributed by atoms with E-state index in [0.717, 1.165) is 17.9 Å². The fraction of sp³-hybridized carbons (Fsp3) is 0.273. The summed E-state index contributed by atoms with van der Waals surface area (Å²) in [4.78, 5) is 0.348. The number of hydrogen-bond acceptors (Lipinski definition) is 1. The van der Waals surface area contributed by atoms with Gasteiger partial charge in [0, 0.05) is 16.3 Å². The smallest absolute Gasteiger partial charge is 0.136 e. The lowest BCUT2D eigenvalue weighted by Crippen LogP contribution is -2.19. The van der Waals surface area contributed by atoms with Crippen LogP contribution in [0.5, 0.6) is 0 Å². The number of alkyl halides is 1. The van der Waals surface area contributed by atoms with Crippen molar-refractivity contribution in [1.82, 2.24) is 0 Å². The van der Waals surface area contributed by atoms with Crippen LogP contribution in [0.15, 0.2) is 36.7 Å². The molecule has 0 saturated carbocycles. The van der Waals surface area contributed by atoms with Crippen molar-refractivity contribution in [3.8, 4) is 0 Å². The van der Waals surface area contributed by atoms with Crippen molar-refractivity contribution in [3.05, 3.63) is 42.2 Å². The Hall–Kier alpha value is -0.330. The van der Waals surface area contributed by atoms with E-state index in [1.165, 1.54) is 5.56 Å². The highest BCUT2D eigenvalue weighted by atomic mass is 79.9. The van der Waals surface area contributed by atoms with Crippen LogP contribution in [-0.4, -0.2) is 6.16 Å². The number of benzene rings is 1. The summed E-state index contributed by atoms with van der Waals surface area (Å²) in [6.07, 6.45) is 1.67. The lowest BCUT2D eigenvalue weighted by molar-refractivity contribution is 0.583. The molecule has 74 valence electrons. The fourth-order valence-electron chi connectivity index (χ4n) is 1.87. The Balaban J connectivity index is 2.63. The number of hydrogen-bond donors (Lipinski definition) is 0. The zero-order chi connectivity index (χ0) is 10.2. The van der Waals surface area contributed by atoms with Crippen molar-refractivity contribution in [2.45, 2.75) is 11.2 Å². The Bertz CT molecular complexity index is 414. The number of rotatable bonds is 1. The SMILES string of the molecule is C=CP1(=O)CCC(Br)c2ccccc21. The largest absolute Gasteiger partial charge is 0.314 e. The van der Waals surface area contributed by atoms with Gasteiger partial charge in [0.2, 0.25) is 0 Å². The molecule has 1 aromatic rings. The summed E-state index contributed by atoms with van der Waals surface area (Å²) in [5.74, 6) is 1.64. The van der Waals surface area contributed by atoms with E-state index in [-0.39, 0.29) is 0 Å². The van der Waals surface area contributed by atoms with E-state index in [1.54, 1.807) is 5.82 Å². The molecule has 1 aromatic carbocycles. The maximum atomic E-state index is 12.4. The van der Waals surface area contributed by atoms with E-state index in [4.69, 9.17) is 0 Å². The summed E-state index contributed by atoms with van der Waals surface area (Å²) < 4.78 is 12.4. The summed E-state index contributed by atoms with van der Waals surface area (Å²) in [5.41, 5.74) is 1.17. The van der Waals surface area contributed by atoms with E-state index in [1.807, 2.05) is 24.3 Å². The molecule has 0 bridgehead atoms. The molecule has 0 aromatic heterocycles. The first-order valence-electron chi connectivity index (χ1n) is 4.63. The Kier molecular flexibility index (Phi) is 2.68. The molecule has 0 amide bonds. The van der Waals surface area contributed by atoms with Crippen LogP contribution in [0.4, 0.5) is 0 Å². The summed E-state index contributed by atoms with van der Waals surface area (Å²) >= 11 is 3.61. The normalized spacial score (nSPS) is 30.8. The van der Waals surface area contributed by atoms with Gasteiger partial charge in [0.05, 0.1) is 0 Å².